The molecule has 0 aliphatic carbocycles. The molecule has 0 atom stereocenters. The van der Waals surface area contributed by atoms with Crippen LogP contribution in [0.2, 0.25) is 6.04 Å². The van der Waals surface area contributed by atoms with E-state index in [0.29, 0.717) is 0 Å². The van der Waals surface area contributed by atoms with Gasteiger partial charge in [0.15, 0.2) is 0 Å². The number of halogens is 2. The van der Waals surface area contributed by atoms with Crippen molar-refractivity contribution in [3.63, 3.8) is 0 Å². The lowest BCUT2D eigenvalue weighted by atomic mass is 10.2. The maximum atomic E-state index is 6.52. The van der Waals surface area contributed by atoms with E-state index in [1.807, 2.05) is 6.07 Å². The lowest BCUT2D eigenvalue weighted by molar-refractivity contribution is 0.700. The van der Waals surface area contributed by atoms with Crippen molar-refractivity contribution in [3.8, 4) is 0 Å². The lowest BCUT2D eigenvalue weighted by Gasteiger charge is -2.17. The van der Waals surface area contributed by atoms with Gasteiger partial charge in [-0.3, -0.25) is 0 Å². The largest absolute Gasteiger partial charge is 0.280 e. The molecular formula is C13H20Cl2Si. The van der Waals surface area contributed by atoms with Crippen molar-refractivity contribution in [3.05, 3.63) is 29.8 Å². The molecule has 0 amide bonds. The third kappa shape index (κ3) is 4.48. The zero-order valence-electron chi connectivity index (χ0n) is 10.1. The third-order valence-corrected chi connectivity index (χ3v) is 7.37. The fraction of sp³-hybridized carbons (Fsp3) is 0.538. The first-order chi connectivity index (χ1) is 7.56. The monoisotopic (exact) mass is 274 g/mol. The molecule has 0 unspecified atom stereocenters. The topological polar surface area (TPSA) is 0 Å². The van der Waals surface area contributed by atoms with E-state index < -0.39 is 6.69 Å². The highest BCUT2D eigenvalue weighted by Crippen LogP contribution is 2.24. The summed E-state index contributed by atoms with van der Waals surface area (Å²) in [5, 5.41) is 1.16. The predicted octanol–water partition coefficient (Wildman–Crippen LogP) is 4.70. The van der Waals surface area contributed by atoms with Crippen LogP contribution in [0.25, 0.3) is 0 Å². The van der Waals surface area contributed by atoms with E-state index >= 15 is 0 Å². The van der Waals surface area contributed by atoms with E-state index in [1.165, 1.54) is 24.8 Å². The first-order valence-electron chi connectivity index (χ1n) is 6.01. The van der Waals surface area contributed by atoms with Crippen molar-refractivity contribution in [2.75, 3.05) is 0 Å². The van der Waals surface area contributed by atoms with Gasteiger partial charge in [0.2, 0.25) is 0 Å². The Morgan fingerprint density at radius 3 is 2.50 bits per heavy atom. The molecule has 3 heteroatoms. The zero-order valence-corrected chi connectivity index (χ0v) is 12.6. The summed E-state index contributed by atoms with van der Waals surface area (Å²) in [4.78, 5) is 0. The quantitative estimate of drug-likeness (QED) is 0.401. The van der Waals surface area contributed by atoms with E-state index in [9.17, 15) is 0 Å². The standard InChI is InChI=1S/C13H20Cl2Si/c1-3-4-5-6-10-16(14,15)13-9-7-8-12(2)11-13/h7-9,11H,3-6,10H2,1-2H3. The second kappa shape index (κ2) is 6.68. The van der Waals surface area contributed by atoms with Gasteiger partial charge in [0.25, 0.3) is 6.69 Å². The van der Waals surface area contributed by atoms with Gasteiger partial charge in [0, 0.05) is 0 Å². The van der Waals surface area contributed by atoms with Crippen molar-refractivity contribution in [1.82, 2.24) is 0 Å². The molecule has 0 N–H and O–H groups in total. The highest BCUT2D eigenvalue weighted by atomic mass is 35.7. The summed E-state index contributed by atoms with van der Waals surface area (Å²) >= 11 is 13.0. The van der Waals surface area contributed by atoms with Crippen LogP contribution in [0.4, 0.5) is 0 Å². The Hall–Kier alpha value is 0.0169. The van der Waals surface area contributed by atoms with Crippen LogP contribution in [0.5, 0.6) is 0 Å². The molecule has 0 saturated heterocycles. The van der Waals surface area contributed by atoms with Gasteiger partial charge in [-0.1, -0.05) is 62.4 Å². The Kier molecular flexibility index (Phi) is 5.88. The third-order valence-electron chi connectivity index (χ3n) is 2.78. The SMILES string of the molecule is CCCCCC[Si](Cl)(Cl)c1cccc(C)c1. The summed E-state index contributed by atoms with van der Waals surface area (Å²) in [5.41, 5.74) is 1.24. The minimum Gasteiger partial charge on any atom is -0.140 e. The first-order valence-corrected chi connectivity index (χ1v) is 10.2. The second-order valence-corrected chi connectivity index (χ2v) is 11.3. The summed E-state index contributed by atoms with van der Waals surface area (Å²) in [7, 11) is 0. The van der Waals surface area contributed by atoms with Crippen molar-refractivity contribution in [2.45, 2.75) is 45.6 Å². The summed E-state index contributed by atoms with van der Waals surface area (Å²) < 4.78 is 0. The van der Waals surface area contributed by atoms with Gasteiger partial charge in [0.1, 0.15) is 0 Å². The van der Waals surface area contributed by atoms with Crippen LogP contribution in [-0.2, 0) is 0 Å². The van der Waals surface area contributed by atoms with Crippen molar-refractivity contribution in [1.29, 1.82) is 0 Å². The molecule has 0 spiro atoms. The summed E-state index contributed by atoms with van der Waals surface area (Å²) in [6, 6.07) is 9.30. The average molecular weight is 275 g/mol. The Bertz CT molecular complexity index is 323. The number of benzene rings is 1. The Labute approximate surface area is 109 Å². The maximum Gasteiger partial charge on any atom is 0.280 e. The smallest absolute Gasteiger partial charge is 0.140 e. The van der Waals surface area contributed by atoms with E-state index in [2.05, 4.69) is 32.0 Å². The summed E-state index contributed by atoms with van der Waals surface area (Å²) in [5.74, 6) is 0. The molecule has 0 aromatic heterocycles. The number of rotatable bonds is 6. The number of hydrogen-bond acceptors (Lipinski definition) is 0. The van der Waals surface area contributed by atoms with E-state index in [0.717, 1.165) is 17.7 Å². The molecule has 0 radical (unpaired) electrons. The Morgan fingerprint density at radius 1 is 1.12 bits per heavy atom. The second-order valence-electron chi connectivity index (χ2n) is 4.38. The van der Waals surface area contributed by atoms with Crippen molar-refractivity contribution < 1.29 is 0 Å². The van der Waals surface area contributed by atoms with Gasteiger partial charge in [-0.15, -0.1) is 22.2 Å². The highest BCUT2D eigenvalue weighted by molar-refractivity contribution is 7.50. The van der Waals surface area contributed by atoms with Crippen LogP contribution in [0.15, 0.2) is 24.3 Å². The van der Waals surface area contributed by atoms with Crippen LogP contribution in [-0.4, -0.2) is 6.69 Å². The fourth-order valence-corrected chi connectivity index (χ4v) is 5.06. The van der Waals surface area contributed by atoms with Gasteiger partial charge >= 0.3 is 0 Å². The highest BCUT2D eigenvalue weighted by Gasteiger charge is 2.30. The Morgan fingerprint density at radius 2 is 1.88 bits per heavy atom. The molecule has 0 heterocycles. The normalized spacial score (nSPS) is 11.8. The van der Waals surface area contributed by atoms with Crippen LogP contribution < -0.4 is 5.19 Å². The molecule has 0 nitrogen and oxygen atoms in total. The molecule has 0 bridgehead atoms. The number of hydrogen-bond donors (Lipinski definition) is 0. The lowest BCUT2D eigenvalue weighted by Crippen LogP contribution is -2.36. The van der Waals surface area contributed by atoms with Crippen molar-refractivity contribution in [2.24, 2.45) is 0 Å². The van der Waals surface area contributed by atoms with E-state index in [4.69, 9.17) is 22.2 Å². The van der Waals surface area contributed by atoms with E-state index in [-0.39, 0.29) is 0 Å². The molecule has 1 aromatic carbocycles. The molecule has 1 rings (SSSR count). The summed E-state index contributed by atoms with van der Waals surface area (Å²) in [6.07, 6.45) is 4.94. The number of unbranched alkanes of at least 4 members (excludes halogenated alkanes) is 3. The van der Waals surface area contributed by atoms with Gasteiger partial charge < -0.3 is 0 Å². The van der Waals surface area contributed by atoms with Gasteiger partial charge in [-0.25, -0.2) is 0 Å². The minimum absolute atomic E-state index is 0.972. The van der Waals surface area contributed by atoms with E-state index in [1.54, 1.807) is 0 Å². The molecule has 90 valence electrons. The zero-order chi connectivity index (χ0) is 12.0. The fourth-order valence-electron chi connectivity index (χ4n) is 1.79. The minimum atomic E-state index is -2.22. The van der Waals surface area contributed by atoms with Gasteiger partial charge in [-0.2, -0.15) is 0 Å². The van der Waals surface area contributed by atoms with Crippen LogP contribution in [0.1, 0.15) is 38.2 Å². The van der Waals surface area contributed by atoms with Crippen LogP contribution >= 0.6 is 22.2 Å². The summed E-state index contributed by atoms with van der Waals surface area (Å²) in [6.45, 7) is 2.08. The van der Waals surface area contributed by atoms with Gasteiger partial charge in [-0.05, 0) is 18.2 Å². The molecule has 16 heavy (non-hydrogen) atoms. The van der Waals surface area contributed by atoms with Crippen LogP contribution in [0.3, 0.4) is 0 Å². The molecule has 1 aromatic rings. The number of aryl methyl sites for hydroxylation is 1. The average Bonchev–Trinajstić information content (AvgIpc) is 2.24. The molecule has 0 aliphatic rings. The van der Waals surface area contributed by atoms with Crippen LogP contribution in [0, 0.1) is 6.92 Å². The van der Waals surface area contributed by atoms with Crippen molar-refractivity contribution >= 4 is 34.0 Å². The molecular weight excluding hydrogens is 255 g/mol. The maximum absolute atomic E-state index is 6.52. The first kappa shape index (κ1) is 14.1. The molecule has 0 aliphatic heterocycles. The molecule has 0 fully saturated rings. The predicted molar refractivity (Wildman–Crippen MR) is 77.2 cm³/mol. The Balaban J connectivity index is 2.55. The van der Waals surface area contributed by atoms with Gasteiger partial charge in [0.05, 0.1) is 0 Å². The molecule has 0 saturated carbocycles.